The van der Waals surface area contributed by atoms with Crippen LogP contribution in [0.15, 0.2) is 12.2 Å². The number of carbonyl (C=O) groups excluding carboxylic acids is 2. The molecule has 0 heterocycles. The molecular formula is C21H40CaO4. The van der Waals surface area contributed by atoms with Gasteiger partial charge >= 0.3 is 49.7 Å². The summed E-state index contributed by atoms with van der Waals surface area (Å²) in [6.45, 7) is 3.54. The monoisotopic (exact) mass is 396 g/mol. The van der Waals surface area contributed by atoms with Gasteiger partial charge in [-0.2, -0.15) is 0 Å². The van der Waals surface area contributed by atoms with E-state index in [1.54, 1.807) is 0 Å². The standard InChI is InChI=1S/C21H38O4.Ca.2H/c1-3-4-5-6-7-8-9-10-11-12-13-14-15-16-17-18-20(23)25-21(24)19(2)22;;;/h10-11,19,22H,3-9,12-18H2,1-2H3;;;/q;+2;2*-1/b11-10-;;;. The maximum absolute atomic E-state index is 11.3. The minimum absolute atomic E-state index is 0. The molecular weight excluding hydrogens is 356 g/mol. The fourth-order valence-corrected chi connectivity index (χ4v) is 2.59. The van der Waals surface area contributed by atoms with Gasteiger partial charge in [0.15, 0.2) is 0 Å². The Balaban J connectivity index is -0.000000960. The SMILES string of the molecule is CCCCCCCC/C=C\CCCCCCCC(=O)OC(=O)C(C)O.[Ca+2].[H-].[H-]. The third kappa shape index (κ3) is 20.4. The summed E-state index contributed by atoms with van der Waals surface area (Å²) in [5, 5.41) is 8.94. The number of carbonyl (C=O) groups is 2. The maximum atomic E-state index is 11.3. The zero-order chi connectivity index (χ0) is 18.8. The molecule has 1 N–H and O–H groups in total. The summed E-state index contributed by atoms with van der Waals surface area (Å²) in [7, 11) is 0. The Bertz CT molecular complexity index is 377. The van der Waals surface area contributed by atoms with Gasteiger partial charge < -0.3 is 12.7 Å². The molecule has 0 fully saturated rings. The van der Waals surface area contributed by atoms with Crippen molar-refractivity contribution in [2.45, 2.75) is 110 Å². The second-order valence-corrected chi connectivity index (χ2v) is 6.80. The maximum Gasteiger partial charge on any atom is 2.00 e. The van der Waals surface area contributed by atoms with Crippen molar-refractivity contribution in [2.75, 3.05) is 0 Å². The van der Waals surface area contributed by atoms with Gasteiger partial charge in [0.2, 0.25) is 0 Å². The molecule has 0 saturated carbocycles. The Morgan fingerprint density at radius 1 is 0.885 bits per heavy atom. The molecule has 0 radical (unpaired) electrons. The molecule has 150 valence electrons. The van der Waals surface area contributed by atoms with Crippen LogP contribution >= 0.6 is 0 Å². The van der Waals surface area contributed by atoms with E-state index in [-0.39, 0.29) is 47.0 Å². The van der Waals surface area contributed by atoms with Crippen LogP contribution in [-0.2, 0) is 14.3 Å². The van der Waals surface area contributed by atoms with E-state index < -0.39 is 18.0 Å². The Hall–Kier alpha value is 0.0997. The van der Waals surface area contributed by atoms with Crippen LogP contribution < -0.4 is 0 Å². The normalized spacial score (nSPS) is 12.0. The van der Waals surface area contributed by atoms with E-state index >= 15 is 0 Å². The van der Waals surface area contributed by atoms with Crippen LogP contribution in [0.25, 0.3) is 0 Å². The van der Waals surface area contributed by atoms with Crippen LogP contribution in [0.2, 0.25) is 0 Å². The summed E-state index contributed by atoms with van der Waals surface area (Å²) in [5.41, 5.74) is 0. The predicted octanol–water partition coefficient (Wildman–Crippen LogP) is 5.32. The summed E-state index contributed by atoms with van der Waals surface area (Å²) in [5.74, 6) is -1.40. The summed E-state index contributed by atoms with van der Waals surface area (Å²) in [4.78, 5) is 22.3. The second-order valence-electron chi connectivity index (χ2n) is 6.80. The van der Waals surface area contributed by atoms with Crippen LogP contribution in [0.1, 0.15) is 107 Å². The van der Waals surface area contributed by atoms with Gasteiger partial charge in [0.25, 0.3) is 0 Å². The van der Waals surface area contributed by atoms with Crippen molar-refractivity contribution in [1.29, 1.82) is 0 Å². The first-order chi connectivity index (χ1) is 12.1. The molecule has 0 aromatic heterocycles. The van der Waals surface area contributed by atoms with Crippen LogP contribution in [0, 0.1) is 0 Å². The number of esters is 2. The molecule has 0 aliphatic rings. The first-order valence-corrected chi connectivity index (χ1v) is 10.2. The smallest absolute Gasteiger partial charge is 1.00 e. The van der Waals surface area contributed by atoms with E-state index in [4.69, 9.17) is 5.11 Å². The zero-order valence-corrected chi connectivity index (χ0v) is 19.2. The molecule has 0 aromatic carbocycles. The van der Waals surface area contributed by atoms with Gasteiger partial charge in [-0.05, 0) is 39.0 Å². The third-order valence-corrected chi connectivity index (χ3v) is 4.20. The average molecular weight is 397 g/mol. The number of hydrogen-bond acceptors (Lipinski definition) is 4. The minimum Gasteiger partial charge on any atom is -1.00 e. The largest absolute Gasteiger partial charge is 2.00 e. The van der Waals surface area contributed by atoms with E-state index in [0.717, 1.165) is 25.7 Å². The summed E-state index contributed by atoms with van der Waals surface area (Å²) < 4.78 is 4.49. The first-order valence-electron chi connectivity index (χ1n) is 10.2. The predicted molar refractivity (Wildman–Crippen MR) is 110 cm³/mol. The quantitative estimate of drug-likeness (QED) is 0.126. The van der Waals surface area contributed by atoms with Gasteiger partial charge in [-0.25, -0.2) is 4.79 Å². The zero-order valence-electron chi connectivity index (χ0n) is 19.0. The van der Waals surface area contributed by atoms with E-state index in [9.17, 15) is 9.59 Å². The van der Waals surface area contributed by atoms with Crippen molar-refractivity contribution in [2.24, 2.45) is 0 Å². The molecule has 26 heavy (non-hydrogen) atoms. The van der Waals surface area contributed by atoms with Crippen LogP contribution in [0.5, 0.6) is 0 Å². The van der Waals surface area contributed by atoms with Crippen molar-refractivity contribution < 1.29 is 22.3 Å². The van der Waals surface area contributed by atoms with E-state index in [0.29, 0.717) is 0 Å². The van der Waals surface area contributed by atoms with Gasteiger partial charge in [0.05, 0.1) is 0 Å². The van der Waals surface area contributed by atoms with Gasteiger partial charge in [-0.3, -0.25) is 4.79 Å². The minimum atomic E-state index is -1.24. The summed E-state index contributed by atoms with van der Waals surface area (Å²) in [6, 6.07) is 0. The molecule has 1 atom stereocenters. The molecule has 0 aromatic rings. The van der Waals surface area contributed by atoms with E-state index in [1.165, 1.54) is 64.7 Å². The fourth-order valence-electron chi connectivity index (χ4n) is 2.59. The number of ether oxygens (including phenoxy) is 1. The number of rotatable bonds is 16. The molecule has 0 rings (SSSR count). The van der Waals surface area contributed by atoms with Crippen molar-refractivity contribution in [1.82, 2.24) is 0 Å². The number of allylic oxidation sites excluding steroid dienone is 2. The van der Waals surface area contributed by atoms with Gasteiger partial charge in [0.1, 0.15) is 6.10 Å². The molecule has 5 heteroatoms. The van der Waals surface area contributed by atoms with Gasteiger partial charge in [0, 0.05) is 6.42 Å². The Morgan fingerprint density at radius 3 is 1.85 bits per heavy atom. The molecule has 0 amide bonds. The van der Waals surface area contributed by atoms with Crippen molar-refractivity contribution in [3.05, 3.63) is 12.2 Å². The van der Waals surface area contributed by atoms with Crippen molar-refractivity contribution in [3.8, 4) is 0 Å². The average Bonchev–Trinajstić information content (AvgIpc) is 2.58. The van der Waals surface area contributed by atoms with Gasteiger partial charge in [-0.15, -0.1) is 0 Å². The number of aliphatic hydroxyl groups excluding tert-OH is 1. The van der Waals surface area contributed by atoms with E-state index in [1.807, 2.05) is 0 Å². The number of aliphatic hydroxyl groups is 1. The summed E-state index contributed by atoms with van der Waals surface area (Å²) >= 11 is 0. The Labute approximate surface area is 193 Å². The summed E-state index contributed by atoms with van der Waals surface area (Å²) in [6.07, 6.45) is 19.3. The van der Waals surface area contributed by atoms with Crippen LogP contribution in [0.3, 0.4) is 0 Å². The second kappa shape index (κ2) is 21.4. The first kappa shape index (κ1) is 28.3. The molecule has 0 bridgehead atoms. The molecule has 0 saturated heterocycles. The Morgan fingerprint density at radius 2 is 1.35 bits per heavy atom. The molecule has 4 nitrogen and oxygen atoms in total. The molecule has 0 aliphatic heterocycles. The topological polar surface area (TPSA) is 63.6 Å². The molecule has 0 spiro atoms. The van der Waals surface area contributed by atoms with E-state index in [2.05, 4.69) is 23.8 Å². The van der Waals surface area contributed by atoms with Gasteiger partial charge in [-0.1, -0.05) is 70.4 Å². The molecule has 0 aliphatic carbocycles. The Kier molecular flexibility index (Phi) is 23.3. The molecule has 1 unspecified atom stereocenters. The number of unbranched alkanes of at least 4 members (excludes halogenated alkanes) is 11. The fraction of sp³-hybridized carbons (Fsp3) is 0.810. The van der Waals surface area contributed by atoms with Crippen molar-refractivity contribution >= 4 is 49.7 Å². The number of hydrogen-bond donors (Lipinski definition) is 1. The van der Waals surface area contributed by atoms with Crippen molar-refractivity contribution in [3.63, 3.8) is 0 Å². The van der Waals surface area contributed by atoms with Crippen LogP contribution in [-0.4, -0.2) is 60.9 Å². The van der Waals surface area contributed by atoms with Crippen LogP contribution in [0.4, 0.5) is 0 Å². The third-order valence-electron chi connectivity index (χ3n) is 4.20.